The second kappa shape index (κ2) is 4.20. The van der Waals surface area contributed by atoms with Gasteiger partial charge in [-0.15, -0.1) is 0 Å². The van der Waals surface area contributed by atoms with Crippen LogP contribution in [0.2, 0.25) is 0 Å². The lowest BCUT2D eigenvalue weighted by Crippen LogP contribution is -2.60. The maximum atomic E-state index is 11.8. The van der Waals surface area contributed by atoms with Crippen molar-refractivity contribution in [2.24, 2.45) is 11.5 Å². The van der Waals surface area contributed by atoms with Crippen molar-refractivity contribution in [2.75, 3.05) is 6.54 Å². The molecule has 0 aliphatic heterocycles. The smallest absolute Gasteiger partial charge is 0.333 e. The molecule has 1 atom stereocenters. The van der Waals surface area contributed by atoms with Gasteiger partial charge in [0, 0.05) is 12.1 Å². The number of carboxylic acids is 1. The summed E-state index contributed by atoms with van der Waals surface area (Å²) in [5, 5.41) is 8.84. The van der Waals surface area contributed by atoms with Crippen molar-refractivity contribution >= 4 is 11.8 Å². The summed E-state index contributed by atoms with van der Waals surface area (Å²) < 4.78 is 0. The molecule has 0 spiro atoms. The van der Waals surface area contributed by atoms with E-state index in [1.807, 2.05) is 0 Å². The van der Waals surface area contributed by atoms with Gasteiger partial charge in [-0.05, 0) is 0 Å². The highest BCUT2D eigenvalue weighted by Gasteiger charge is 2.41. The maximum absolute atomic E-state index is 11.8. The molecule has 1 aromatic carbocycles. The Morgan fingerprint density at radius 2 is 1.80 bits per heavy atom. The molecule has 5 heteroatoms. The molecule has 0 aliphatic rings. The van der Waals surface area contributed by atoms with Crippen LogP contribution in [-0.2, 0) is 4.79 Å². The highest BCUT2D eigenvalue weighted by molar-refractivity contribution is 6.16. The molecule has 80 valence electrons. The highest BCUT2D eigenvalue weighted by atomic mass is 16.4. The van der Waals surface area contributed by atoms with Crippen LogP contribution < -0.4 is 11.5 Å². The summed E-state index contributed by atoms with van der Waals surface area (Å²) in [7, 11) is 0. The van der Waals surface area contributed by atoms with Crippen molar-refractivity contribution in [2.45, 2.75) is 5.54 Å². The van der Waals surface area contributed by atoms with E-state index < -0.39 is 23.8 Å². The lowest BCUT2D eigenvalue weighted by Gasteiger charge is -2.20. The molecular weight excluding hydrogens is 196 g/mol. The summed E-state index contributed by atoms with van der Waals surface area (Å²) >= 11 is 0. The van der Waals surface area contributed by atoms with E-state index in [1.165, 1.54) is 12.1 Å². The SMILES string of the molecule is NCC(N)(C(=O)O)C(=O)c1ccccc1. The number of carboxylic acid groups (broad SMARTS) is 1. The van der Waals surface area contributed by atoms with Crippen molar-refractivity contribution < 1.29 is 14.7 Å². The van der Waals surface area contributed by atoms with Crippen LogP contribution in [0.4, 0.5) is 0 Å². The van der Waals surface area contributed by atoms with Crippen LogP contribution in [0.3, 0.4) is 0 Å². The molecule has 1 aromatic rings. The Balaban J connectivity index is 3.08. The second-order valence-corrected chi connectivity index (χ2v) is 3.18. The molecule has 1 rings (SSSR count). The van der Waals surface area contributed by atoms with E-state index in [1.54, 1.807) is 18.2 Å². The Bertz CT molecular complexity index is 378. The lowest BCUT2D eigenvalue weighted by atomic mass is 9.90. The first-order valence-electron chi connectivity index (χ1n) is 4.34. The number of aliphatic carboxylic acids is 1. The summed E-state index contributed by atoms with van der Waals surface area (Å²) in [6.45, 7) is -0.434. The Morgan fingerprint density at radius 1 is 1.27 bits per heavy atom. The van der Waals surface area contributed by atoms with Crippen LogP contribution in [0, 0.1) is 0 Å². The minimum atomic E-state index is -2.04. The average molecular weight is 208 g/mol. The summed E-state index contributed by atoms with van der Waals surface area (Å²) in [6, 6.07) is 7.99. The molecule has 0 radical (unpaired) electrons. The minimum absolute atomic E-state index is 0.243. The first-order chi connectivity index (χ1) is 7.02. The molecule has 0 bridgehead atoms. The van der Waals surface area contributed by atoms with Gasteiger partial charge in [-0.1, -0.05) is 30.3 Å². The number of benzene rings is 1. The van der Waals surface area contributed by atoms with Gasteiger partial charge in [0.1, 0.15) is 0 Å². The molecule has 0 saturated heterocycles. The van der Waals surface area contributed by atoms with Crippen molar-refractivity contribution in [1.29, 1.82) is 0 Å². The van der Waals surface area contributed by atoms with E-state index in [9.17, 15) is 9.59 Å². The number of ketones is 1. The van der Waals surface area contributed by atoms with Crippen molar-refractivity contribution in [1.82, 2.24) is 0 Å². The number of Topliss-reactive ketones (excluding diaryl/α,β-unsaturated/α-hetero) is 1. The van der Waals surface area contributed by atoms with Crippen LogP contribution in [0.5, 0.6) is 0 Å². The van der Waals surface area contributed by atoms with Crippen LogP contribution >= 0.6 is 0 Å². The molecule has 0 saturated carbocycles. The molecule has 5 N–H and O–H groups in total. The molecule has 0 fully saturated rings. The van der Waals surface area contributed by atoms with Gasteiger partial charge in [-0.2, -0.15) is 0 Å². The van der Waals surface area contributed by atoms with Crippen molar-refractivity contribution in [3.8, 4) is 0 Å². The number of carbonyl (C=O) groups is 2. The summed E-state index contributed by atoms with van der Waals surface area (Å²) in [5.74, 6) is -2.10. The van der Waals surface area contributed by atoms with Gasteiger partial charge in [0.25, 0.3) is 0 Å². The predicted molar refractivity (Wildman–Crippen MR) is 54.4 cm³/mol. The summed E-state index contributed by atoms with van der Waals surface area (Å²) in [6.07, 6.45) is 0. The number of hydrogen-bond donors (Lipinski definition) is 3. The van der Waals surface area contributed by atoms with Crippen molar-refractivity contribution in [3.63, 3.8) is 0 Å². The number of nitrogens with two attached hydrogens (primary N) is 2. The van der Waals surface area contributed by atoms with Gasteiger partial charge in [0.15, 0.2) is 11.3 Å². The number of hydrogen-bond acceptors (Lipinski definition) is 4. The van der Waals surface area contributed by atoms with E-state index in [-0.39, 0.29) is 5.56 Å². The minimum Gasteiger partial charge on any atom is -0.479 e. The Hall–Kier alpha value is -1.72. The standard InChI is InChI=1S/C10H12N2O3/c11-6-10(12,9(14)15)8(13)7-4-2-1-3-5-7/h1-5H,6,11-12H2,(H,14,15). The van der Waals surface area contributed by atoms with Gasteiger partial charge in [0.05, 0.1) is 0 Å². The van der Waals surface area contributed by atoms with E-state index >= 15 is 0 Å². The number of rotatable bonds is 4. The lowest BCUT2D eigenvalue weighted by molar-refractivity contribution is -0.140. The third-order valence-electron chi connectivity index (χ3n) is 2.14. The molecule has 15 heavy (non-hydrogen) atoms. The third kappa shape index (κ3) is 2.03. The molecular formula is C10H12N2O3. The van der Waals surface area contributed by atoms with E-state index in [0.717, 1.165) is 0 Å². The molecule has 0 amide bonds. The summed E-state index contributed by atoms with van der Waals surface area (Å²) in [4.78, 5) is 22.6. The zero-order valence-corrected chi connectivity index (χ0v) is 8.01. The highest BCUT2D eigenvalue weighted by Crippen LogP contribution is 2.10. The fraction of sp³-hybridized carbons (Fsp3) is 0.200. The maximum Gasteiger partial charge on any atom is 0.333 e. The van der Waals surface area contributed by atoms with Gasteiger partial charge < -0.3 is 16.6 Å². The van der Waals surface area contributed by atoms with Gasteiger partial charge in [-0.25, -0.2) is 4.79 Å². The second-order valence-electron chi connectivity index (χ2n) is 3.18. The van der Waals surface area contributed by atoms with Crippen LogP contribution in [-0.4, -0.2) is 28.9 Å². The van der Waals surface area contributed by atoms with Gasteiger partial charge in [0.2, 0.25) is 0 Å². The monoisotopic (exact) mass is 208 g/mol. The molecule has 0 heterocycles. The van der Waals surface area contributed by atoms with E-state index in [2.05, 4.69) is 0 Å². The quantitative estimate of drug-likeness (QED) is 0.461. The Morgan fingerprint density at radius 3 is 2.20 bits per heavy atom. The summed E-state index contributed by atoms with van der Waals surface area (Å²) in [5.41, 5.74) is 8.86. The topological polar surface area (TPSA) is 106 Å². The van der Waals surface area contributed by atoms with Gasteiger partial charge in [-0.3, -0.25) is 4.79 Å². The Kier molecular flexibility index (Phi) is 3.18. The van der Waals surface area contributed by atoms with Crippen LogP contribution in [0.15, 0.2) is 30.3 Å². The van der Waals surface area contributed by atoms with Gasteiger partial charge >= 0.3 is 5.97 Å². The molecule has 0 aromatic heterocycles. The van der Waals surface area contributed by atoms with Crippen LogP contribution in [0.25, 0.3) is 0 Å². The fourth-order valence-corrected chi connectivity index (χ4v) is 1.12. The fourth-order valence-electron chi connectivity index (χ4n) is 1.12. The zero-order chi connectivity index (χ0) is 11.5. The van der Waals surface area contributed by atoms with E-state index in [4.69, 9.17) is 16.6 Å². The number of carbonyl (C=O) groups excluding carboxylic acids is 1. The third-order valence-corrected chi connectivity index (χ3v) is 2.14. The van der Waals surface area contributed by atoms with Crippen molar-refractivity contribution in [3.05, 3.63) is 35.9 Å². The predicted octanol–water partition coefficient (Wildman–Crippen LogP) is -0.390. The first kappa shape index (κ1) is 11.4. The molecule has 0 aliphatic carbocycles. The zero-order valence-electron chi connectivity index (χ0n) is 8.01. The largest absolute Gasteiger partial charge is 0.479 e. The van der Waals surface area contributed by atoms with E-state index in [0.29, 0.717) is 0 Å². The first-order valence-corrected chi connectivity index (χ1v) is 4.34. The molecule has 5 nitrogen and oxygen atoms in total. The Labute approximate surface area is 86.7 Å². The normalized spacial score (nSPS) is 14.3. The average Bonchev–Trinajstić information content (AvgIpc) is 2.28. The molecule has 1 unspecified atom stereocenters. The van der Waals surface area contributed by atoms with Crippen LogP contribution in [0.1, 0.15) is 10.4 Å².